The van der Waals surface area contributed by atoms with Crippen molar-refractivity contribution < 1.29 is 4.74 Å². The first-order chi connectivity index (χ1) is 6.52. The van der Waals surface area contributed by atoms with Crippen molar-refractivity contribution in [3.05, 3.63) is 28.2 Å². The van der Waals surface area contributed by atoms with Gasteiger partial charge in [-0.05, 0) is 47.3 Å². The summed E-state index contributed by atoms with van der Waals surface area (Å²) in [5.74, 6) is 1.45. The van der Waals surface area contributed by atoms with Gasteiger partial charge in [-0.1, -0.05) is 26.0 Å². The first-order valence-corrected chi connectivity index (χ1v) is 5.76. The van der Waals surface area contributed by atoms with E-state index in [9.17, 15) is 0 Å². The van der Waals surface area contributed by atoms with Gasteiger partial charge in [0.1, 0.15) is 5.75 Å². The van der Waals surface area contributed by atoms with Crippen molar-refractivity contribution in [2.24, 2.45) is 0 Å². The standard InChI is InChI=1S/C12H17BrO/c1-8(2)10-6-5-7-11(12(10)13)14-9(3)4/h5-9H,1-4H3. The van der Waals surface area contributed by atoms with Gasteiger partial charge in [-0.15, -0.1) is 0 Å². The summed E-state index contributed by atoms with van der Waals surface area (Å²) in [5, 5.41) is 0. The molecule has 0 aliphatic heterocycles. The number of hydrogen-bond acceptors (Lipinski definition) is 1. The lowest BCUT2D eigenvalue weighted by Crippen LogP contribution is -2.06. The maximum atomic E-state index is 5.69. The molecular formula is C12H17BrO. The van der Waals surface area contributed by atoms with Crippen LogP contribution in [0.15, 0.2) is 22.7 Å². The van der Waals surface area contributed by atoms with Crippen molar-refractivity contribution in [2.45, 2.75) is 39.7 Å². The molecule has 0 N–H and O–H groups in total. The minimum atomic E-state index is 0.216. The number of halogens is 1. The highest BCUT2D eigenvalue weighted by atomic mass is 79.9. The van der Waals surface area contributed by atoms with E-state index in [1.54, 1.807) is 0 Å². The van der Waals surface area contributed by atoms with Gasteiger partial charge in [-0.3, -0.25) is 0 Å². The van der Waals surface area contributed by atoms with E-state index >= 15 is 0 Å². The molecule has 0 spiro atoms. The highest BCUT2D eigenvalue weighted by molar-refractivity contribution is 9.10. The molecule has 0 aliphatic rings. The van der Waals surface area contributed by atoms with Gasteiger partial charge in [-0.25, -0.2) is 0 Å². The molecule has 0 unspecified atom stereocenters. The molecule has 1 rings (SSSR count). The van der Waals surface area contributed by atoms with E-state index in [0.717, 1.165) is 10.2 Å². The summed E-state index contributed by atoms with van der Waals surface area (Å²) in [7, 11) is 0. The summed E-state index contributed by atoms with van der Waals surface area (Å²) >= 11 is 3.59. The fourth-order valence-electron chi connectivity index (χ4n) is 1.32. The number of hydrogen-bond donors (Lipinski definition) is 0. The lowest BCUT2D eigenvalue weighted by Gasteiger charge is -2.15. The molecule has 1 aromatic rings. The number of ether oxygens (including phenoxy) is 1. The largest absolute Gasteiger partial charge is 0.490 e. The fourth-order valence-corrected chi connectivity index (χ4v) is 2.13. The van der Waals surface area contributed by atoms with Crippen molar-refractivity contribution in [3.63, 3.8) is 0 Å². The molecular weight excluding hydrogens is 240 g/mol. The van der Waals surface area contributed by atoms with Crippen molar-refractivity contribution in [1.82, 2.24) is 0 Å². The molecule has 0 heterocycles. The highest BCUT2D eigenvalue weighted by Gasteiger charge is 2.10. The van der Waals surface area contributed by atoms with E-state index < -0.39 is 0 Å². The van der Waals surface area contributed by atoms with Crippen molar-refractivity contribution in [2.75, 3.05) is 0 Å². The maximum Gasteiger partial charge on any atom is 0.134 e. The summed E-state index contributed by atoms with van der Waals surface area (Å²) in [4.78, 5) is 0. The van der Waals surface area contributed by atoms with Crippen LogP contribution in [0.4, 0.5) is 0 Å². The zero-order valence-electron chi connectivity index (χ0n) is 9.17. The minimum absolute atomic E-state index is 0.216. The Morgan fingerprint density at radius 1 is 1.14 bits per heavy atom. The van der Waals surface area contributed by atoms with E-state index in [1.807, 2.05) is 26.0 Å². The summed E-state index contributed by atoms with van der Waals surface area (Å²) < 4.78 is 6.78. The molecule has 0 fully saturated rings. The first-order valence-electron chi connectivity index (χ1n) is 4.97. The third-order valence-electron chi connectivity index (χ3n) is 1.98. The van der Waals surface area contributed by atoms with E-state index in [4.69, 9.17) is 4.74 Å². The van der Waals surface area contributed by atoms with Crippen LogP contribution in [0.1, 0.15) is 39.2 Å². The number of rotatable bonds is 3. The molecule has 0 radical (unpaired) electrons. The maximum absolute atomic E-state index is 5.69. The lowest BCUT2D eigenvalue weighted by molar-refractivity contribution is 0.240. The van der Waals surface area contributed by atoms with Crippen molar-refractivity contribution >= 4 is 15.9 Å². The zero-order chi connectivity index (χ0) is 10.7. The summed E-state index contributed by atoms with van der Waals surface area (Å²) in [6.07, 6.45) is 0.216. The van der Waals surface area contributed by atoms with Crippen LogP contribution in [0.25, 0.3) is 0 Å². The molecule has 0 aromatic heterocycles. The van der Waals surface area contributed by atoms with Crippen LogP contribution in [0, 0.1) is 0 Å². The Morgan fingerprint density at radius 2 is 1.79 bits per heavy atom. The molecule has 0 aliphatic carbocycles. The van der Waals surface area contributed by atoms with E-state index in [2.05, 4.69) is 35.8 Å². The molecule has 0 saturated carbocycles. The van der Waals surface area contributed by atoms with Crippen LogP contribution in [0.3, 0.4) is 0 Å². The van der Waals surface area contributed by atoms with E-state index in [0.29, 0.717) is 5.92 Å². The van der Waals surface area contributed by atoms with Crippen LogP contribution in [0.2, 0.25) is 0 Å². The van der Waals surface area contributed by atoms with Crippen LogP contribution in [-0.4, -0.2) is 6.10 Å². The molecule has 14 heavy (non-hydrogen) atoms. The minimum Gasteiger partial charge on any atom is -0.490 e. The summed E-state index contributed by atoms with van der Waals surface area (Å²) in [6.45, 7) is 8.43. The average Bonchev–Trinajstić information content (AvgIpc) is 2.07. The van der Waals surface area contributed by atoms with Gasteiger partial charge in [0.2, 0.25) is 0 Å². The van der Waals surface area contributed by atoms with Crippen LogP contribution < -0.4 is 4.74 Å². The molecule has 1 aromatic carbocycles. The second kappa shape index (κ2) is 4.83. The second-order valence-corrected chi connectivity index (χ2v) is 4.77. The fraction of sp³-hybridized carbons (Fsp3) is 0.500. The predicted molar refractivity (Wildman–Crippen MR) is 64.0 cm³/mol. The Morgan fingerprint density at radius 3 is 2.29 bits per heavy atom. The number of benzene rings is 1. The van der Waals surface area contributed by atoms with E-state index in [1.165, 1.54) is 5.56 Å². The molecule has 0 bridgehead atoms. The molecule has 0 atom stereocenters. The predicted octanol–water partition coefficient (Wildman–Crippen LogP) is 4.36. The van der Waals surface area contributed by atoms with Gasteiger partial charge >= 0.3 is 0 Å². The van der Waals surface area contributed by atoms with Gasteiger partial charge < -0.3 is 4.74 Å². The van der Waals surface area contributed by atoms with E-state index in [-0.39, 0.29) is 6.10 Å². The molecule has 2 heteroatoms. The summed E-state index contributed by atoms with van der Waals surface area (Å²) in [5.41, 5.74) is 1.29. The third-order valence-corrected chi connectivity index (χ3v) is 2.83. The Bertz CT molecular complexity index is 305. The van der Waals surface area contributed by atoms with Gasteiger partial charge in [0, 0.05) is 0 Å². The van der Waals surface area contributed by atoms with Crippen molar-refractivity contribution in [3.8, 4) is 5.75 Å². The van der Waals surface area contributed by atoms with Crippen LogP contribution >= 0.6 is 15.9 Å². The third kappa shape index (κ3) is 2.74. The molecule has 78 valence electrons. The van der Waals surface area contributed by atoms with Gasteiger partial charge in [0.05, 0.1) is 10.6 Å². The quantitative estimate of drug-likeness (QED) is 0.781. The van der Waals surface area contributed by atoms with Crippen molar-refractivity contribution in [1.29, 1.82) is 0 Å². The van der Waals surface area contributed by atoms with Gasteiger partial charge in [0.15, 0.2) is 0 Å². The summed E-state index contributed by atoms with van der Waals surface area (Å²) in [6, 6.07) is 6.16. The molecule has 0 saturated heterocycles. The topological polar surface area (TPSA) is 9.23 Å². The Kier molecular flexibility index (Phi) is 3.99. The second-order valence-electron chi connectivity index (χ2n) is 3.98. The van der Waals surface area contributed by atoms with Gasteiger partial charge in [-0.2, -0.15) is 0 Å². The zero-order valence-corrected chi connectivity index (χ0v) is 10.8. The SMILES string of the molecule is CC(C)Oc1cccc(C(C)C)c1Br. The molecule has 0 amide bonds. The smallest absolute Gasteiger partial charge is 0.134 e. The Hall–Kier alpha value is -0.500. The van der Waals surface area contributed by atoms with Crippen LogP contribution in [-0.2, 0) is 0 Å². The Balaban J connectivity index is 3.01. The Labute approximate surface area is 94.6 Å². The lowest BCUT2D eigenvalue weighted by atomic mass is 10.0. The highest BCUT2D eigenvalue weighted by Crippen LogP contribution is 2.33. The van der Waals surface area contributed by atoms with Gasteiger partial charge in [0.25, 0.3) is 0 Å². The van der Waals surface area contributed by atoms with Crippen LogP contribution in [0.5, 0.6) is 5.75 Å². The normalized spacial score (nSPS) is 11.1. The first kappa shape index (κ1) is 11.6. The monoisotopic (exact) mass is 256 g/mol. The molecule has 1 nitrogen and oxygen atoms in total. The average molecular weight is 257 g/mol.